The molecular weight excluding hydrogens is 380 g/mol. The highest BCUT2D eigenvalue weighted by Crippen LogP contribution is 2.46. The Morgan fingerprint density at radius 3 is 2.61 bits per heavy atom. The second-order valence-corrected chi connectivity index (χ2v) is 10.4. The zero-order chi connectivity index (χ0) is 19.9. The molecule has 8 heteroatoms. The van der Waals surface area contributed by atoms with Gasteiger partial charge in [-0.3, -0.25) is 4.79 Å². The summed E-state index contributed by atoms with van der Waals surface area (Å²) in [6.45, 7) is 1.79. The number of amides is 1. The van der Waals surface area contributed by atoms with Gasteiger partial charge in [0.15, 0.2) is 21.3 Å². The molecule has 0 aromatic heterocycles. The summed E-state index contributed by atoms with van der Waals surface area (Å²) in [4.78, 5) is 14.3. The minimum atomic E-state index is -3.02. The van der Waals surface area contributed by atoms with Crippen LogP contribution in [-0.2, 0) is 14.6 Å². The molecule has 2 aliphatic heterocycles. The zero-order valence-corrected chi connectivity index (χ0v) is 17.3. The van der Waals surface area contributed by atoms with Gasteiger partial charge in [-0.1, -0.05) is 6.42 Å². The number of carbonyl (C=O) groups is 1. The first-order valence-corrected chi connectivity index (χ1v) is 11.8. The van der Waals surface area contributed by atoms with Crippen LogP contribution in [0.4, 0.5) is 5.69 Å². The second kappa shape index (κ2) is 7.13. The lowest BCUT2D eigenvalue weighted by Crippen LogP contribution is -2.45. The first-order valence-electron chi connectivity index (χ1n) is 10.0. The maximum atomic E-state index is 12.7. The van der Waals surface area contributed by atoms with Gasteiger partial charge in [0.05, 0.1) is 11.5 Å². The van der Waals surface area contributed by atoms with E-state index in [0.29, 0.717) is 12.2 Å². The number of hydrogen-bond donors (Lipinski definition) is 1. The van der Waals surface area contributed by atoms with E-state index in [1.165, 1.54) is 6.42 Å². The molecule has 2 atom stereocenters. The Bertz CT molecular complexity index is 863. The smallest absolute Gasteiger partial charge is 0.251 e. The van der Waals surface area contributed by atoms with Crippen LogP contribution < -0.4 is 14.8 Å². The number of ether oxygens (including phenoxy) is 2. The fourth-order valence-electron chi connectivity index (χ4n) is 4.36. The Kier molecular flexibility index (Phi) is 4.93. The van der Waals surface area contributed by atoms with E-state index in [0.717, 1.165) is 37.1 Å². The third-order valence-corrected chi connectivity index (χ3v) is 7.76. The number of likely N-dealkylation sites (N-methyl/N-ethyl adjacent to an activating group) is 1. The van der Waals surface area contributed by atoms with E-state index in [1.54, 1.807) is 18.9 Å². The highest BCUT2D eigenvalue weighted by molar-refractivity contribution is 7.91. The van der Waals surface area contributed by atoms with E-state index in [9.17, 15) is 13.2 Å². The molecule has 1 aliphatic carbocycles. The maximum absolute atomic E-state index is 12.7. The summed E-state index contributed by atoms with van der Waals surface area (Å²) >= 11 is 0. The third-order valence-electron chi connectivity index (χ3n) is 6.01. The zero-order valence-electron chi connectivity index (χ0n) is 16.4. The molecule has 1 saturated heterocycles. The van der Waals surface area contributed by atoms with Crippen molar-refractivity contribution >= 4 is 21.4 Å². The van der Waals surface area contributed by atoms with Gasteiger partial charge < -0.3 is 19.7 Å². The van der Waals surface area contributed by atoms with Crippen molar-refractivity contribution in [1.82, 2.24) is 4.90 Å². The number of fused-ring (bicyclic) bond motifs is 1. The molecule has 1 spiro atoms. The van der Waals surface area contributed by atoms with Crippen LogP contribution in [0.25, 0.3) is 0 Å². The van der Waals surface area contributed by atoms with E-state index in [-0.39, 0.29) is 23.5 Å². The Hall–Kier alpha value is -1.96. The van der Waals surface area contributed by atoms with Crippen molar-refractivity contribution in [2.75, 3.05) is 23.9 Å². The van der Waals surface area contributed by atoms with Gasteiger partial charge >= 0.3 is 0 Å². The fraction of sp³-hybridized carbons (Fsp3) is 0.650. The van der Waals surface area contributed by atoms with Crippen molar-refractivity contribution in [3.63, 3.8) is 0 Å². The van der Waals surface area contributed by atoms with Crippen molar-refractivity contribution in [3.05, 3.63) is 18.2 Å². The van der Waals surface area contributed by atoms with Crippen LogP contribution >= 0.6 is 0 Å². The van der Waals surface area contributed by atoms with Crippen LogP contribution in [0.5, 0.6) is 11.5 Å². The molecule has 0 radical (unpaired) electrons. The van der Waals surface area contributed by atoms with E-state index in [4.69, 9.17) is 9.47 Å². The van der Waals surface area contributed by atoms with Gasteiger partial charge in [0, 0.05) is 37.7 Å². The molecule has 1 aromatic rings. The average Bonchev–Trinajstić information content (AvgIpc) is 3.19. The van der Waals surface area contributed by atoms with Crippen LogP contribution in [-0.4, -0.2) is 55.6 Å². The fourth-order valence-corrected chi connectivity index (χ4v) is 6.13. The van der Waals surface area contributed by atoms with E-state index < -0.39 is 21.7 Å². The number of sulfone groups is 1. The number of rotatable bonds is 4. The molecule has 2 heterocycles. The summed E-state index contributed by atoms with van der Waals surface area (Å²) in [5, 5.41) is 3.21. The molecule has 3 aliphatic rings. The normalized spacial score (nSPS) is 25.4. The average molecular weight is 409 g/mol. The Morgan fingerprint density at radius 2 is 1.93 bits per heavy atom. The van der Waals surface area contributed by atoms with Crippen LogP contribution in [0.2, 0.25) is 0 Å². The first-order chi connectivity index (χ1) is 13.3. The van der Waals surface area contributed by atoms with Crippen molar-refractivity contribution in [3.8, 4) is 11.5 Å². The van der Waals surface area contributed by atoms with Gasteiger partial charge in [-0.25, -0.2) is 8.42 Å². The lowest BCUT2D eigenvalue weighted by molar-refractivity contribution is -0.132. The predicted octanol–water partition coefficient (Wildman–Crippen LogP) is 2.56. The monoisotopic (exact) mass is 408 g/mol. The minimum absolute atomic E-state index is 0.0497. The number of anilines is 1. The molecular formula is C20H28N2O5S. The molecule has 28 heavy (non-hydrogen) atoms. The highest BCUT2D eigenvalue weighted by atomic mass is 32.2. The third kappa shape index (κ3) is 3.79. The van der Waals surface area contributed by atoms with Gasteiger partial charge in [-0.05, 0) is 38.3 Å². The number of benzene rings is 1. The summed E-state index contributed by atoms with van der Waals surface area (Å²) in [5.74, 6) is 1.02. The van der Waals surface area contributed by atoms with Gasteiger partial charge in [-0.2, -0.15) is 0 Å². The number of hydrogen-bond acceptors (Lipinski definition) is 6. The van der Waals surface area contributed by atoms with Crippen molar-refractivity contribution in [2.24, 2.45) is 0 Å². The largest absolute Gasteiger partial charge is 0.448 e. The summed E-state index contributed by atoms with van der Waals surface area (Å²) in [6.07, 6.45) is 5.72. The molecule has 0 unspecified atom stereocenters. The number of carbonyl (C=O) groups excluding carboxylic acids is 1. The van der Waals surface area contributed by atoms with Crippen LogP contribution in [0, 0.1) is 0 Å². The SMILES string of the molecule is C[C@H](Nc1ccc2c(c1)OC1(CCCCC1)O2)C(=O)N(C)[C@H]1CCS(=O)(=O)C1. The maximum Gasteiger partial charge on any atom is 0.251 e. The lowest BCUT2D eigenvalue weighted by Gasteiger charge is -2.31. The number of nitrogens with one attached hydrogen (secondary N) is 1. The van der Waals surface area contributed by atoms with Gasteiger partial charge in [0.25, 0.3) is 5.79 Å². The number of nitrogens with zero attached hydrogens (tertiary/aromatic N) is 1. The summed E-state index contributed by atoms with van der Waals surface area (Å²) in [5.41, 5.74) is 0.781. The first kappa shape index (κ1) is 19.4. The van der Waals surface area contributed by atoms with E-state index >= 15 is 0 Å². The topological polar surface area (TPSA) is 84.9 Å². The molecule has 7 nitrogen and oxygen atoms in total. The van der Waals surface area contributed by atoms with Crippen LogP contribution in [0.3, 0.4) is 0 Å². The molecule has 2 fully saturated rings. The Balaban J connectivity index is 1.40. The highest BCUT2D eigenvalue weighted by Gasteiger charge is 2.42. The van der Waals surface area contributed by atoms with E-state index in [1.807, 2.05) is 18.2 Å². The lowest BCUT2D eigenvalue weighted by atomic mass is 9.94. The van der Waals surface area contributed by atoms with E-state index in [2.05, 4.69) is 5.32 Å². The van der Waals surface area contributed by atoms with Crippen LogP contribution in [0.15, 0.2) is 18.2 Å². The van der Waals surface area contributed by atoms with Gasteiger partial charge in [0.2, 0.25) is 5.91 Å². The molecule has 1 amide bonds. The van der Waals surface area contributed by atoms with Gasteiger partial charge in [0.1, 0.15) is 6.04 Å². The summed E-state index contributed by atoms with van der Waals surface area (Å²) < 4.78 is 35.6. The summed E-state index contributed by atoms with van der Waals surface area (Å²) in [7, 11) is -1.34. The molecule has 1 aromatic carbocycles. The Morgan fingerprint density at radius 1 is 1.21 bits per heavy atom. The molecule has 154 valence electrons. The molecule has 4 rings (SSSR count). The molecule has 1 saturated carbocycles. The van der Waals surface area contributed by atoms with Crippen molar-refractivity contribution < 1.29 is 22.7 Å². The standard InChI is InChI=1S/C20H28N2O5S/c1-14(19(23)22(2)16-8-11-28(24,25)13-16)21-15-6-7-17-18(12-15)27-20(26-17)9-4-3-5-10-20/h6-7,12,14,16,21H,3-5,8-11,13H2,1-2H3/t14-,16-/m0/s1. The predicted molar refractivity (Wildman–Crippen MR) is 106 cm³/mol. The summed E-state index contributed by atoms with van der Waals surface area (Å²) in [6, 6.07) is 4.92. The van der Waals surface area contributed by atoms with Gasteiger partial charge in [-0.15, -0.1) is 0 Å². The quantitative estimate of drug-likeness (QED) is 0.824. The minimum Gasteiger partial charge on any atom is -0.448 e. The van der Waals surface area contributed by atoms with Crippen molar-refractivity contribution in [1.29, 1.82) is 0 Å². The molecule has 0 bridgehead atoms. The van der Waals surface area contributed by atoms with Crippen molar-refractivity contribution in [2.45, 2.75) is 63.3 Å². The Labute approximate surface area is 166 Å². The second-order valence-electron chi connectivity index (χ2n) is 8.21. The molecule has 1 N–H and O–H groups in total. The van der Waals surface area contributed by atoms with Crippen LogP contribution in [0.1, 0.15) is 45.4 Å².